The van der Waals surface area contributed by atoms with E-state index in [-0.39, 0.29) is 6.35 Å². The highest BCUT2D eigenvalue weighted by Gasteiger charge is 2.21. The molecule has 0 saturated heterocycles. The number of nitrogen functional groups attached to an aromatic ring is 1. The Morgan fingerprint density at radius 3 is 2.81 bits per heavy atom. The fourth-order valence-corrected chi connectivity index (χ4v) is 3.47. The van der Waals surface area contributed by atoms with Crippen LogP contribution in [0.1, 0.15) is 0 Å². The number of hydrogen-bond acceptors (Lipinski definition) is 7. The Labute approximate surface area is 151 Å². The molecule has 136 valence electrons. The monoisotopic (exact) mass is 373 g/mol. The number of benzene rings is 1. The first kappa shape index (κ1) is 18.1. The highest BCUT2D eigenvalue weighted by atomic mass is 31.2. The first-order valence-corrected chi connectivity index (χ1v) is 10.2. The molecule has 2 N–H and O–H groups in total. The van der Waals surface area contributed by atoms with E-state index in [9.17, 15) is 4.57 Å². The molecule has 2 heterocycles. The van der Waals surface area contributed by atoms with Crippen LogP contribution in [0.5, 0.6) is 5.75 Å². The number of rotatable bonds is 8. The minimum absolute atomic E-state index is 0.0394. The topological polar surface area (TPSA) is 105 Å². The van der Waals surface area contributed by atoms with E-state index in [0.29, 0.717) is 29.3 Å². The average molecular weight is 373 g/mol. The molecule has 3 aromatic rings. The van der Waals surface area contributed by atoms with Crippen molar-refractivity contribution in [3.05, 3.63) is 55.6 Å². The number of hydrogen-bond donors (Lipinski definition) is 1. The smallest absolute Gasteiger partial charge is 0.269 e. The molecule has 1 aromatic carbocycles. The van der Waals surface area contributed by atoms with Crippen LogP contribution < -0.4 is 10.3 Å². The fourth-order valence-electron chi connectivity index (χ4n) is 2.38. The molecule has 0 amide bonds. The van der Waals surface area contributed by atoms with Crippen LogP contribution >= 0.6 is 7.37 Å². The first-order chi connectivity index (χ1) is 12.5. The summed E-state index contributed by atoms with van der Waals surface area (Å²) < 4.78 is 25.7. The Bertz CT molecular complexity index is 944. The molecule has 0 fully saturated rings. The van der Waals surface area contributed by atoms with Crippen LogP contribution in [0.25, 0.3) is 11.2 Å². The molecule has 0 bridgehead atoms. The van der Waals surface area contributed by atoms with E-state index in [1.54, 1.807) is 35.8 Å². The summed E-state index contributed by atoms with van der Waals surface area (Å²) in [5.74, 6) is 0.865. The van der Waals surface area contributed by atoms with Crippen molar-refractivity contribution < 1.29 is 13.8 Å². The summed E-state index contributed by atoms with van der Waals surface area (Å²) in [7, 11) is -2.97. The molecule has 3 rings (SSSR count). The second-order valence-corrected chi connectivity index (χ2v) is 8.29. The summed E-state index contributed by atoms with van der Waals surface area (Å²) in [4.78, 5) is 12.3. The number of imidazole rings is 1. The fraction of sp³-hybridized carbons (Fsp3) is 0.235. The molecule has 0 aliphatic heterocycles. The third kappa shape index (κ3) is 4.28. The second kappa shape index (κ2) is 7.68. The Balaban J connectivity index is 1.65. The molecule has 0 saturated carbocycles. The lowest BCUT2D eigenvalue weighted by Gasteiger charge is -2.19. The average Bonchev–Trinajstić information content (AvgIpc) is 3.03. The van der Waals surface area contributed by atoms with Crippen LogP contribution in [0, 0.1) is 0 Å². The predicted octanol–water partition coefficient (Wildman–Crippen LogP) is 2.92. The largest absolute Gasteiger partial charge is 0.441 e. The van der Waals surface area contributed by atoms with E-state index in [2.05, 4.69) is 21.5 Å². The molecule has 9 heteroatoms. The number of aromatic nitrogens is 4. The van der Waals surface area contributed by atoms with Crippen molar-refractivity contribution in [2.24, 2.45) is 0 Å². The predicted molar refractivity (Wildman–Crippen MR) is 100 cm³/mol. The van der Waals surface area contributed by atoms with Crippen molar-refractivity contribution >= 4 is 24.4 Å². The van der Waals surface area contributed by atoms with Gasteiger partial charge in [0.05, 0.1) is 19.0 Å². The number of anilines is 1. The van der Waals surface area contributed by atoms with Gasteiger partial charge in [-0.05, 0) is 12.1 Å². The van der Waals surface area contributed by atoms with Gasteiger partial charge in [0.15, 0.2) is 11.5 Å². The van der Waals surface area contributed by atoms with Crippen molar-refractivity contribution in [3.8, 4) is 5.75 Å². The summed E-state index contributed by atoms with van der Waals surface area (Å²) in [6.07, 6.45) is 4.20. The first-order valence-electron chi connectivity index (χ1n) is 7.95. The lowest BCUT2D eigenvalue weighted by molar-refractivity contribution is 0.105. The normalized spacial score (nSPS) is 14.7. The molecule has 0 aliphatic carbocycles. The van der Waals surface area contributed by atoms with Gasteiger partial charge < -0.3 is 19.6 Å². The number of para-hydroxylation sites is 1. The molecule has 2 atom stereocenters. The van der Waals surface area contributed by atoms with Gasteiger partial charge in [-0.1, -0.05) is 24.3 Å². The lowest BCUT2D eigenvalue weighted by atomic mass is 10.3. The van der Waals surface area contributed by atoms with Crippen molar-refractivity contribution in [3.63, 3.8) is 0 Å². The number of ether oxygens (including phenoxy) is 1. The van der Waals surface area contributed by atoms with Crippen LogP contribution in [-0.4, -0.2) is 38.6 Å². The Kier molecular flexibility index (Phi) is 5.35. The van der Waals surface area contributed by atoms with Gasteiger partial charge in [0.25, 0.3) is 7.37 Å². The summed E-state index contributed by atoms with van der Waals surface area (Å²) in [5, 5.41) is 0. The van der Waals surface area contributed by atoms with Crippen LogP contribution in [0.3, 0.4) is 0 Å². The van der Waals surface area contributed by atoms with Crippen molar-refractivity contribution in [2.75, 3.05) is 18.7 Å². The van der Waals surface area contributed by atoms with Gasteiger partial charge in [-0.25, -0.2) is 15.0 Å². The molecule has 2 aromatic heterocycles. The van der Waals surface area contributed by atoms with Gasteiger partial charge in [-0.15, -0.1) is 6.58 Å². The van der Waals surface area contributed by atoms with Gasteiger partial charge in [-0.2, -0.15) is 0 Å². The Morgan fingerprint density at radius 2 is 2.08 bits per heavy atom. The molecular formula is C17H20N5O3P. The van der Waals surface area contributed by atoms with Crippen molar-refractivity contribution in [2.45, 2.75) is 12.6 Å². The molecule has 0 spiro atoms. The van der Waals surface area contributed by atoms with E-state index in [4.69, 9.17) is 15.0 Å². The van der Waals surface area contributed by atoms with Crippen molar-refractivity contribution in [1.29, 1.82) is 0 Å². The summed E-state index contributed by atoms with van der Waals surface area (Å²) in [6.45, 7) is 5.72. The minimum atomic E-state index is -2.97. The second-order valence-electron chi connectivity index (χ2n) is 5.82. The molecule has 1 unspecified atom stereocenters. The molecular weight excluding hydrogens is 353 g/mol. The summed E-state index contributed by atoms with van der Waals surface area (Å²) in [5.41, 5.74) is 6.93. The van der Waals surface area contributed by atoms with E-state index < -0.39 is 13.5 Å². The Morgan fingerprint density at radius 1 is 1.31 bits per heavy atom. The Hall–Kier alpha value is -2.70. The third-order valence-electron chi connectivity index (χ3n) is 3.63. The third-order valence-corrected chi connectivity index (χ3v) is 4.85. The van der Waals surface area contributed by atoms with Crippen LogP contribution in [0.15, 0.2) is 55.6 Å². The van der Waals surface area contributed by atoms with Crippen molar-refractivity contribution in [1.82, 2.24) is 19.5 Å². The minimum Gasteiger partial charge on any atom is -0.441 e. The molecule has 26 heavy (non-hydrogen) atoms. The van der Waals surface area contributed by atoms with Gasteiger partial charge in [0.2, 0.25) is 0 Å². The van der Waals surface area contributed by atoms with E-state index >= 15 is 0 Å². The quantitative estimate of drug-likeness (QED) is 0.478. The van der Waals surface area contributed by atoms with E-state index in [0.717, 1.165) is 0 Å². The molecule has 8 nitrogen and oxygen atoms in total. The zero-order valence-electron chi connectivity index (χ0n) is 14.4. The lowest BCUT2D eigenvalue weighted by Crippen LogP contribution is -2.19. The van der Waals surface area contributed by atoms with Gasteiger partial charge >= 0.3 is 0 Å². The zero-order chi connectivity index (χ0) is 18.6. The van der Waals surface area contributed by atoms with Crippen LogP contribution in [-0.2, 0) is 15.8 Å². The van der Waals surface area contributed by atoms with E-state index in [1.165, 1.54) is 6.33 Å². The summed E-state index contributed by atoms with van der Waals surface area (Å²) in [6, 6.07) is 9.01. The zero-order valence-corrected chi connectivity index (χ0v) is 15.3. The van der Waals surface area contributed by atoms with Gasteiger partial charge in [-0.3, -0.25) is 4.57 Å². The standard InChI is InChI=1S/C17H20N5O3P/c1-3-13(9-22-11-21-15-16(18)19-10-20-17(15)22)24-12-26(2,23)25-14-7-5-4-6-8-14/h3-8,10-11,13H,1,9,12H2,2H3,(H2,18,19,20)/t13-,26?/m1/s1. The maximum absolute atomic E-state index is 12.6. The number of nitrogens with zero attached hydrogens (tertiary/aromatic N) is 4. The highest BCUT2D eigenvalue weighted by molar-refractivity contribution is 7.58. The van der Waals surface area contributed by atoms with Crippen LogP contribution in [0.4, 0.5) is 5.82 Å². The number of nitrogens with two attached hydrogens (primary N) is 1. The van der Waals surface area contributed by atoms with Crippen LogP contribution in [0.2, 0.25) is 0 Å². The molecule has 0 radical (unpaired) electrons. The maximum Gasteiger partial charge on any atom is 0.269 e. The molecule has 0 aliphatic rings. The highest BCUT2D eigenvalue weighted by Crippen LogP contribution is 2.43. The van der Waals surface area contributed by atoms with E-state index in [1.807, 2.05) is 18.2 Å². The van der Waals surface area contributed by atoms with Gasteiger partial charge in [0, 0.05) is 6.66 Å². The maximum atomic E-state index is 12.6. The SMILES string of the molecule is C=C[C@H](Cn1cnc2c(N)ncnc21)OCP(C)(=O)Oc1ccccc1. The summed E-state index contributed by atoms with van der Waals surface area (Å²) >= 11 is 0. The van der Waals surface area contributed by atoms with Gasteiger partial charge in [0.1, 0.15) is 23.9 Å². The number of fused-ring (bicyclic) bond motifs is 1.